The first-order valence-electron chi connectivity index (χ1n) is 16.5. The van der Waals surface area contributed by atoms with Crippen LogP contribution < -0.4 is 22.0 Å². The summed E-state index contributed by atoms with van der Waals surface area (Å²) in [5, 5.41) is 7.11. The number of nitrogens with one attached hydrogen (secondary N) is 3. The first-order valence-corrected chi connectivity index (χ1v) is 20.3. The van der Waals surface area contributed by atoms with E-state index < -0.39 is 23.4 Å². The number of hydrogen-bond acceptors (Lipinski definition) is 8. The number of benzene rings is 2. The van der Waals surface area contributed by atoms with E-state index in [4.69, 9.17) is 9.47 Å². The Morgan fingerprint density at radius 1 is 0.774 bits per heavy atom. The van der Waals surface area contributed by atoms with E-state index in [1.807, 2.05) is 41.3 Å². The molecule has 0 aliphatic heterocycles. The number of alkyl halides is 1. The lowest BCUT2D eigenvalue weighted by Gasteiger charge is -2.19. The molecule has 0 aliphatic rings. The van der Waals surface area contributed by atoms with Gasteiger partial charge in [0, 0.05) is 52.9 Å². The van der Waals surface area contributed by atoms with Gasteiger partial charge in [-0.05, 0) is 82.9 Å². The van der Waals surface area contributed by atoms with Crippen molar-refractivity contribution in [1.82, 2.24) is 39.3 Å². The molecule has 4 aromatic heterocycles. The molecule has 3 N–H and O–H groups in total. The number of fused-ring (bicyclic) bond motifs is 6. The van der Waals surface area contributed by atoms with Gasteiger partial charge in [0.25, 0.3) is 0 Å². The van der Waals surface area contributed by atoms with Crippen LogP contribution in [0.15, 0.2) is 67.3 Å². The van der Waals surface area contributed by atoms with E-state index >= 15 is 0 Å². The van der Waals surface area contributed by atoms with E-state index in [9.17, 15) is 19.2 Å². The fourth-order valence-electron chi connectivity index (χ4n) is 5.46. The van der Waals surface area contributed by atoms with Crippen LogP contribution in [-0.2, 0) is 29.6 Å². The maximum absolute atomic E-state index is 12.7. The van der Waals surface area contributed by atoms with Gasteiger partial charge in [-0.3, -0.25) is 23.7 Å². The van der Waals surface area contributed by atoms with Crippen molar-refractivity contribution in [2.45, 2.75) is 65.8 Å². The van der Waals surface area contributed by atoms with Crippen LogP contribution in [0.2, 0.25) is 0 Å². The molecule has 0 spiro atoms. The molecule has 17 heteroatoms. The van der Waals surface area contributed by atoms with E-state index in [1.54, 1.807) is 74.7 Å². The van der Waals surface area contributed by atoms with Crippen LogP contribution in [0.1, 0.15) is 41.5 Å². The molecule has 4 heterocycles. The molecule has 2 aromatic carbocycles. The summed E-state index contributed by atoms with van der Waals surface area (Å²) in [4.78, 5) is 62.1. The van der Waals surface area contributed by atoms with Gasteiger partial charge in [0.1, 0.15) is 11.2 Å². The minimum Gasteiger partial charge on any atom is -0.444 e. The number of H-pyrrole nitrogens is 1. The zero-order valence-corrected chi connectivity index (χ0v) is 36.1. The summed E-state index contributed by atoms with van der Waals surface area (Å²) in [5.74, 6) is 0. The van der Waals surface area contributed by atoms with Gasteiger partial charge in [-0.15, -0.1) is 0 Å². The topological polar surface area (TPSA) is 167 Å². The number of nitrogens with zero attached hydrogens (tertiary/aromatic N) is 5. The van der Waals surface area contributed by atoms with Crippen LogP contribution >= 0.6 is 54.5 Å². The Morgan fingerprint density at radius 3 is 1.75 bits per heavy atom. The second kappa shape index (κ2) is 17.4. The van der Waals surface area contributed by atoms with Crippen LogP contribution in [-0.4, -0.2) is 70.1 Å². The second-order valence-corrected chi connectivity index (χ2v) is 15.6. The minimum absolute atomic E-state index is 0.153. The number of halogens is 3. The molecule has 0 bridgehead atoms. The van der Waals surface area contributed by atoms with Crippen LogP contribution in [0.25, 0.3) is 43.9 Å². The summed E-state index contributed by atoms with van der Waals surface area (Å²) < 4.78 is 17.1. The standard InChI is InChI=1S/C18H21BrN4O3.C17H19BrN4O3.CH3I/c1-18(2,3)26-16(24)20-7-8-23-15-12-9-11(19)5-6-13(12)21-10-14(15)22(4)17(23)25;1-17(2,3)25-16(24)19-6-7-22-14-11-8-10(18)4-5-12(11)20-9-13(14)21-15(22)23;1-2/h5-6,9-10H,7-8H2,1-4H3,(H,20,24);4-5,8-9H,6-7H2,1-3H3,(H,19,24)(H,21,23);1H3. The SMILES string of the molecule is CC(C)(C)OC(=O)NCCn1c(=O)[nH]c2cnc3ccc(Br)cc3c21.CI.Cn1c(=O)n(CCNC(=O)OC(C)(C)C)c2c3cc(Br)ccc3ncc21. The normalized spacial score (nSPS) is 11.5. The monoisotopic (exact) mass is 968 g/mol. The van der Waals surface area contributed by atoms with E-state index in [-0.39, 0.29) is 24.5 Å². The van der Waals surface area contributed by atoms with Gasteiger partial charge in [-0.2, -0.15) is 0 Å². The summed E-state index contributed by atoms with van der Waals surface area (Å²) in [6, 6.07) is 11.5. The van der Waals surface area contributed by atoms with Crippen molar-refractivity contribution >= 4 is 111 Å². The number of aryl methyl sites for hydroxylation is 1. The maximum Gasteiger partial charge on any atom is 0.407 e. The van der Waals surface area contributed by atoms with Crippen molar-refractivity contribution in [3.63, 3.8) is 0 Å². The Hall–Kier alpha value is -3.97. The highest BCUT2D eigenvalue weighted by Gasteiger charge is 2.19. The molecule has 0 aliphatic carbocycles. The van der Waals surface area contributed by atoms with Crippen LogP contribution in [0.5, 0.6) is 0 Å². The average molecular weight is 971 g/mol. The number of carbonyl (C=O) groups is 2. The van der Waals surface area contributed by atoms with E-state index in [0.717, 1.165) is 47.3 Å². The number of imidazole rings is 2. The number of amides is 2. The predicted molar refractivity (Wildman–Crippen MR) is 224 cm³/mol. The molecule has 6 rings (SSSR count). The zero-order chi connectivity index (χ0) is 39.2. The maximum atomic E-state index is 12.7. The van der Waals surface area contributed by atoms with Gasteiger partial charge in [0.15, 0.2) is 0 Å². The number of ether oxygens (including phenoxy) is 2. The summed E-state index contributed by atoms with van der Waals surface area (Å²) in [6.45, 7) is 12.0. The highest BCUT2D eigenvalue weighted by atomic mass is 127. The van der Waals surface area contributed by atoms with Crippen molar-refractivity contribution < 1.29 is 19.1 Å². The number of aromatic amines is 1. The average Bonchev–Trinajstić information content (AvgIpc) is 3.52. The quantitative estimate of drug-likeness (QED) is 0.115. The molecule has 0 atom stereocenters. The van der Waals surface area contributed by atoms with Crippen molar-refractivity contribution in [3.05, 3.63) is 78.7 Å². The number of aromatic nitrogens is 6. The molecule has 284 valence electrons. The third-order valence-corrected chi connectivity index (χ3v) is 8.48. The molecule has 0 unspecified atom stereocenters. The lowest BCUT2D eigenvalue weighted by molar-refractivity contribution is 0.0514. The number of pyridine rings is 2. The van der Waals surface area contributed by atoms with Gasteiger partial charge >= 0.3 is 23.6 Å². The first kappa shape index (κ1) is 41.8. The second-order valence-electron chi connectivity index (χ2n) is 13.8. The number of hydrogen-bond donors (Lipinski definition) is 3. The van der Waals surface area contributed by atoms with Crippen LogP contribution in [0.4, 0.5) is 9.59 Å². The van der Waals surface area contributed by atoms with Gasteiger partial charge in [0.2, 0.25) is 0 Å². The Balaban J connectivity index is 0.000000226. The fraction of sp³-hybridized carbons (Fsp3) is 0.389. The molecule has 14 nitrogen and oxygen atoms in total. The predicted octanol–water partition coefficient (Wildman–Crippen LogP) is 7.39. The first-order chi connectivity index (χ1) is 24.9. The Bertz CT molecular complexity index is 2390. The summed E-state index contributed by atoms with van der Waals surface area (Å²) in [7, 11) is 1.72. The smallest absolute Gasteiger partial charge is 0.407 e. The summed E-state index contributed by atoms with van der Waals surface area (Å²) in [5.41, 5.74) is 3.06. The Morgan fingerprint density at radius 2 is 1.25 bits per heavy atom. The minimum atomic E-state index is -0.561. The Labute approximate surface area is 336 Å². The lowest BCUT2D eigenvalue weighted by Crippen LogP contribution is -2.35. The van der Waals surface area contributed by atoms with E-state index in [2.05, 4.69) is 80.0 Å². The van der Waals surface area contributed by atoms with Crippen molar-refractivity contribution in [2.75, 3.05) is 18.0 Å². The van der Waals surface area contributed by atoms with E-state index in [1.165, 1.54) is 0 Å². The van der Waals surface area contributed by atoms with Crippen molar-refractivity contribution in [3.8, 4) is 0 Å². The van der Waals surface area contributed by atoms with E-state index in [0.29, 0.717) is 18.6 Å². The molecule has 0 fully saturated rings. The summed E-state index contributed by atoms with van der Waals surface area (Å²) in [6.07, 6.45) is 2.34. The van der Waals surface area contributed by atoms with Crippen LogP contribution in [0.3, 0.4) is 0 Å². The third kappa shape index (κ3) is 10.6. The van der Waals surface area contributed by atoms with Gasteiger partial charge < -0.3 is 25.1 Å². The van der Waals surface area contributed by atoms with Gasteiger partial charge in [0.05, 0.1) is 45.5 Å². The number of alkyl carbamates (subject to hydrolysis) is 2. The molecule has 53 heavy (non-hydrogen) atoms. The molecular formula is C36H43Br2IN8O6. The molecule has 2 amide bonds. The van der Waals surface area contributed by atoms with Gasteiger partial charge in [-0.1, -0.05) is 54.5 Å². The highest BCUT2D eigenvalue weighted by Crippen LogP contribution is 2.26. The number of rotatable bonds is 6. The van der Waals surface area contributed by atoms with Gasteiger partial charge in [-0.25, -0.2) is 19.2 Å². The highest BCUT2D eigenvalue weighted by molar-refractivity contribution is 14.1. The summed E-state index contributed by atoms with van der Waals surface area (Å²) >= 11 is 9.07. The molecule has 6 aromatic rings. The lowest BCUT2D eigenvalue weighted by atomic mass is 10.2. The molecule has 0 radical (unpaired) electrons. The van der Waals surface area contributed by atoms with Crippen molar-refractivity contribution in [2.24, 2.45) is 7.05 Å². The number of carbonyl (C=O) groups excluding carboxylic acids is 2. The van der Waals surface area contributed by atoms with Crippen LogP contribution in [0, 0.1) is 0 Å². The molecular weight excluding hydrogens is 927 g/mol. The molecule has 0 saturated carbocycles. The van der Waals surface area contributed by atoms with Crippen molar-refractivity contribution in [1.29, 1.82) is 0 Å². The molecule has 0 saturated heterocycles. The Kier molecular flexibility index (Phi) is 13.8. The fourth-order valence-corrected chi connectivity index (χ4v) is 6.18. The zero-order valence-electron chi connectivity index (χ0n) is 30.8. The third-order valence-electron chi connectivity index (χ3n) is 7.50. The largest absolute Gasteiger partial charge is 0.444 e.